The molecule has 1 saturated carbocycles. The van der Waals surface area contributed by atoms with Gasteiger partial charge >= 0.3 is 0 Å². The molecule has 0 bridgehead atoms. The largest absolute Gasteiger partial charge is 0.285 e. The Bertz CT molecular complexity index is 186. The van der Waals surface area contributed by atoms with E-state index in [0.717, 1.165) is 0 Å². The van der Waals surface area contributed by atoms with Gasteiger partial charge in [-0.25, -0.2) is 0 Å². The van der Waals surface area contributed by atoms with Crippen LogP contribution < -0.4 is 4.72 Å². The van der Waals surface area contributed by atoms with Crippen LogP contribution in [0.4, 0.5) is 0 Å². The molecule has 0 saturated heterocycles. The van der Waals surface area contributed by atoms with Crippen LogP contribution in [0.15, 0.2) is 0 Å². The Balaban J connectivity index is 2.23. The van der Waals surface area contributed by atoms with Crippen LogP contribution in [0.1, 0.15) is 12.8 Å². The van der Waals surface area contributed by atoms with Crippen LogP contribution in [-0.2, 0) is 0 Å². The predicted molar refractivity (Wildman–Crippen MR) is 44.9 cm³/mol. The molecule has 3 heteroatoms. The molecule has 0 aromatic rings. The highest BCUT2D eigenvalue weighted by Crippen LogP contribution is 2.27. The van der Waals surface area contributed by atoms with Gasteiger partial charge in [0, 0.05) is 5.92 Å². The number of rotatable bonds is 1. The first kappa shape index (κ1) is 7.64. The van der Waals surface area contributed by atoms with Crippen LogP contribution in [0.5, 0.6) is 0 Å². The summed E-state index contributed by atoms with van der Waals surface area (Å²) in [7, 11) is 1.79. The highest BCUT2D eigenvalue weighted by molar-refractivity contribution is 8.12. The summed E-state index contributed by atoms with van der Waals surface area (Å²) in [6.45, 7) is 0. The zero-order valence-electron chi connectivity index (χ0n) is 5.90. The minimum atomic E-state index is 0.411. The summed E-state index contributed by atoms with van der Waals surface area (Å²) in [6.07, 6.45) is 2.45. The molecule has 1 aliphatic carbocycles. The maximum atomic E-state index is 7.24. The topological polar surface area (TPSA) is 35.9 Å². The van der Waals surface area contributed by atoms with Gasteiger partial charge in [0.1, 0.15) is 0 Å². The minimum Gasteiger partial charge on any atom is -0.285 e. The Hall–Kier alpha value is -0.460. The Morgan fingerprint density at radius 2 is 2.40 bits per heavy atom. The van der Waals surface area contributed by atoms with E-state index in [0.29, 0.717) is 11.0 Å². The Kier molecular flexibility index (Phi) is 2.79. The third-order valence-electron chi connectivity index (χ3n) is 1.17. The van der Waals surface area contributed by atoms with E-state index in [-0.39, 0.29) is 0 Å². The molecule has 1 aliphatic rings. The van der Waals surface area contributed by atoms with Crippen LogP contribution in [0.25, 0.3) is 0 Å². The van der Waals surface area contributed by atoms with Gasteiger partial charge in [-0.1, -0.05) is 5.92 Å². The van der Waals surface area contributed by atoms with E-state index in [4.69, 9.17) is 5.41 Å². The molecule has 54 valence electrons. The quantitative estimate of drug-likeness (QED) is 0.258. The monoisotopic (exact) mass is 154 g/mol. The molecule has 0 heterocycles. The highest BCUT2D eigenvalue weighted by atomic mass is 32.2. The maximum Gasteiger partial charge on any atom is 0.153 e. The zero-order chi connectivity index (χ0) is 7.40. The standard InChI is InChI=1S/C7H10N2S/c1-9-10-7(8)5-4-6-2-3-6/h6,8-9H,2-3H2,1H3. The molecule has 1 fully saturated rings. The van der Waals surface area contributed by atoms with E-state index in [9.17, 15) is 0 Å². The second-order valence-corrected chi connectivity index (χ2v) is 3.20. The summed E-state index contributed by atoms with van der Waals surface area (Å²) in [5, 5.41) is 7.65. The van der Waals surface area contributed by atoms with E-state index in [1.807, 2.05) is 0 Å². The van der Waals surface area contributed by atoms with Crippen molar-refractivity contribution in [1.82, 2.24) is 4.72 Å². The summed E-state index contributed by atoms with van der Waals surface area (Å²) in [5.41, 5.74) is 0. The van der Waals surface area contributed by atoms with Gasteiger partial charge in [0.2, 0.25) is 0 Å². The predicted octanol–water partition coefficient (Wildman–Crippen LogP) is 1.24. The van der Waals surface area contributed by atoms with E-state index >= 15 is 0 Å². The SMILES string of the molecule is CNSC(=N)C#CC1CC1. The molecule has 0 atom stereocenters. The molecule has 2 nitrogen and oxygen atoms in total. The lowest BCUT2D eigenvalue weighted by Gasteiger charge is -1.88. The molecule has 0 radical (unpaired) electrons. The van der Waals surface area contributed by atoms with Crippen molar-refractivity contribution in [2.75, 3.05) is 7.05 Å². The summed E-state index contributed by atoms with van der Waals surface area (Å²) in [4.78, 5) is 0. The van der Waals surface area contributed by atoms with E-state index in [1.54, 1.807) is 7.05 Å². The van der Waals surface area contributed by atoms with Crippen molar-refractivity contribution < 1.29 is 0 Å². The highest BCUT2D eigenvalue weighted by Gasteiger charge is 2.17. The molecular weight excluding hydrogens is 144 g/mol. The van der Waals surface area contributed by atoms with E-state index in [1.165, 1.54) is 24.8 Å². The third-order valence-corrected chi connectivity index (χ3v) is 1.68. The number of nitrogens with one attached hydrogen (secondary N) is 2. The molecule has 0 spiro atoms. The van der Waals surface area contributed by atoms with Gasteiger partial charge in [-0.2, -0.15) is 0 Å². The van der Waals surface area contributed by atoms with Crippen LogP contribution in [-0.4, -0.2) is 12.1 Å². The average Bonchev–Trinajstić information content (AvgIpc) is 2.67. The second kappa shape index (κ2) is 3.65. The summed E-state index contributed by atoms with van der Waals surface area (Å²) >= 11 is 1.26. The molecule has 10 heavy (non-hydrogen) atoms. The van der Waals surface area contributed by atoms with Crippen LogP contribution >= 0.6 is 11.9 Å². The fourth-order valence-corrected chi connectivity index (χ4v) is 0.837. The lowest BCUT2D eigenvalue weighted by Crippen LogP contribution is -1.97. The molecule has 0 aromatic carbocycles. The van der Waals surface area contributed by atoms with Crippen LogP contribution in [0.3, 0.4) is 0 Å². The van der Waals surface area contributed by atoms with Gasteiger partial charge in [0.25, 0.3) is 0 Å². The fraction of sp³-hybridized carbons (Fsp3) is 0.571. The van der Waals surface area contributed by atoms with Crippen molar-refractivity contribution >= 4 is 17.0 Å². The van der Waals surface area contributed by atoms with Crippen molar-refractivity contribution in [3.63, 3.8) is 0 Å². The molecule has 2 N–H and O–H groups in total. The molecule has 0 aromatic heterocycles. The third kappa shape index (κ3) is 2.90. The molecule has 0 unspecified atom stereocenters. The van der Waals surface area contributed by atoms with Crippen molar-refractivity contribution in [3.05, 3.63) is 0 Å². The van der Waals surface area contributed by atoms with Gasteiger partial charge in [0.15, 0.2) is 5.04 Å². The van der Waals surface area contributed by atoms with Crippen molar-refractivity contribution in [2.45, 2.75) is 12.8 Å². The van der Waals surface area contributed by atoms with Gasteiger partial charge in [-0.05, 0) is 37.8 Å². The van der Waals surface area contributed by atoms with E-state index in [2.05, 4.69) is 16.6 Å². The number of hydrogen-bond acceptors (Lipinski definition) is 3. The molecule has 0 amide bonds. The minimum absolute atomic E-state index is 0.411. The molecular formula is C7H10N2S. The van der Waals surface area contributed by atoms with Crippen molar-refractivity contribution in [3.8, 4) is 11.8 Å². The average molecular weight is 154 g/mol. The van der Waals surface area contributed by atoms with Gasteiger partial charge in [-0.15, -0.1) is 0 Å². The van der Waals surface area contributed by atoms with Crippen LogP contribution in [0, 0.1) is 23.2 Å². The van der Waals surface area contributed by atoms with Crippen molar-refractivity contribution in [2.24, 2.45) is 5.92 Å². The first-order valence-electron chi connectivity index (χ1n) is 3.26. The smallest absolute Gasteiger partial charge is 0.153 e. The summed E-state index contributed by atoms with van der Waals surface area (Å²) < 4.78 is 2.80. The first-order valence-corrected chi connectivity index (χ1v) is 4.08. The molecule has 1 rings (SSSR count). The first-order chi connectivity index (χ1) is 4.83. The van der Waals surface area contributed by atoms with Gasteiger partial charge in [-0.3, -0.25) is 10.1 Å². The maximum absolute atomic E-state index is 7.24. The molecule has 0 aliphatic heterocycles. The van der Waals surface area contributed by atoms with Crippen molar-refractivity contribution in [1.29, 1.82) is 5.41 Å². The van der Waals surface area contributed by atoms with Crippen LogP contribution in [0.2, 0.25) is 0 Å². The lowest BCUT2D eigenvalue weighted by molar-refractivity contribution is 1.18. The Morgan fingerprint density at radius 3 is 2.90 bits per heavy atom. The number of hydrogen-bond donors (Lipinski definition) is 2. The fourth-order valence-electron chi connectivity index (χ4n) is 0.523. The summed E-state index contributed by atoms with van der Waals surface area (Å²) in [6, 6.07) is 0. The van der Waals surface area contributed by atoms with E-state index < -0.39 is 0 Å². The normalized spacial score (nSPS) is 15.7. The van der Waals surface area contributed by atoms with Gasteiger partial charge < -0.3 is 0 Å². The Morgan fingerprint density at radius 1 is 1.70 bits per heavy atom. The zero-order valence-corrected chi connectivity index (χ0v) is 6.72. The summed E-state index contributed by atoms with van der Waals surface area (Å²) in [5.74, 6) is 6.38. The Labute approximate surface area is 65.4 Å². The van der Waals surface area contributed by atoms with Gasteiger partial charge in [0.05, 0.1) is 0 Å². The second-order valence-electron chi connectivity index (χ2n) is 2.18. The lowest BCUT2D eigenvalue weighted by atomic mass is 10.4.